The van der Waals surface area contributed by atoms with Crippen LogP contribution < -0.4 is 5.32 Å². The second kappa shape index (κ2) is 12.4. The van der Waals surface area contributed by atoms with Crippen molar-refractivity contribution in [2.75, 3.05) is 39.4 Å². The smallest absolute Gasteiger partial charge is 0.335 e. The lowest BCUT2D eigenvalue weighted by atomic mass is 9.32. The number of amides is 1. The minimum absolute atomic E-state index is 0.00560. The number of fused-ring (bicyclic) bond motifs is 7. The predicted octanol–water partition coefficient (Wildman–Crippen LogP) is 8.48. The fraction of sp³-hybridized carbons (Fsp3) is 0.721. The van der Waals surface area contributed by atoms with E-state index in [1.54, 1.807) is 12.1 Å². The molecule has 6 nitrogen and oxygen atoms in total. The zero-order chi connectivity index (χ0) is 35.0. The first kappa shape index (κ1) is 35.0. The number of hydrogen-bond donors (Lipinski definition) is 2. The summed E-state index contributed by atoms with van der Waals surface area (Å²) in [6, 6.07) is 7.56. The van der Waals surface area contributed by atoms with E-state index in [1.807, 2.05) is 12.1 Å². The highest BCUT2D eigenvalue weighted by Gasteiger charge is 2.71. The molecule has 6 aliphatic rings. The van der Waals surface area contributed by atoms with Crippen molar-refractivity contribution in [2.24, 2.45) is 56.7 Å². The molecule has 6 heteroatoms. The number of rotatable bonds is 7. The van der Waals surface area contributed by atoms with Crippen LogP contribution in [0.1, 0.15) is 115 Å². The van der Waals surface area contributed by atoms with Gasteiger partial charge >= 0.3 is 5.97 Å². The van der Waals surface area contributed by atoms with Gasteiger partial charge in [-0.1, -0.05) is 65.0 Å². The summed E-state index contributed by atoms with van der Waals surface area (Å²) in [6.07, 6.45) is 12.7. The van der Waals surface area contributed by atoms with Crippen molar-refractivity contribution in [3.63, 3.8) is 0 Å². The van der Waals surface area contributed by atoms with Crippen LogP contribution in [0.5, 0.6) is 0 Å². The number of ether oxygens (including phenoxy) is 1. The van der Waals surface area contributed by atoms with Crippen LogP contribution in [0.3, 0.4) is 0 Å². The molecule has 268 valence electrons. The maximum Gasteiger partial charge on any atom is 0.335 e. The molecule has 1 heterocycles. The molecule has 1 aromatic rings. The first-order valence-electron chi connectivity index (χ1n) is 19.5. The van der Waals surface area contributed by atoms with Crippen molar-refractivity contribution in [2.45, 2.75) is 99.3 Å². The number of carbonyl (C=O) groups excluding carboxylic acids is 1. The number of carbonyl (C=O) groups is 2. The zero-order valence-corrected chi connectivity index (χ0v) is 31.2. The molecule has 1 amide bonds. The van der Waals surface area contributed by atoms with Gasteiger partial charge in [-0.2, -0.15) is 0 Å². The minimum atomic E-state index is -0.872. The Morgan fingerprint density at radius 2 is 1.63 bits per heavy atom. The predicted molar refractivity (Wildman–Crippen MR) is 196 cm³/mol. The Hall–Kier alpha value is -2.44. The number of aromatic carboxylic acids is 1. The summed E-state index contributed by atoms with van der Waals surface area (Å²) in [4.78, 5) is 28.4. The fourth-order valence-corrected chi connectivity index (χ4v) is 13.8. The summed E-state index contributed by atoms with van der Waals surface area (Å²) >= 11 is 0. The quantitative estimate of drug-likeness (QED) is 0.285. The van der Waals surface area contributed by atoms with Gasteiger partial charge in [0.25, 0.3) is 0 Å². The third-order valence-corrected chi connectivity index (χ3v) is 16.4. The second-order valence-corrected chi connectivity index (χ2v) is 18.5. The van der Waals surface area contributed by atoms with E-state index in [2.05, 4.69) is 64.4 Å². The van der Waals surface area contributed by atoms with E-state index in [4.69, 9.17) is 4.74 Å². The lowest BCUT2D eigenvalue weighted by Crippen LogP contribution is -2.66. The van der Waals surface area contributed by atoms with Crippen molar-refractivity contribution < 1.29 is 19.4 Å². The average Bonchev–Trinajstić information content (AvgIpc) is 3.47. The zero-order valence-electron chi connectivity index (χ0n) is 31.2. The Bertz CT molecular complexity index is 1510. The number of carboxylic acid groups (broad SMARTS) is 1. The third kappa shape index (κ3) is 5.23. The van der Waals surface area contributed by atoms with Crippen molar-refractivity contribution in [1.82, 2.24) is 10.2 Å². The van der Waals surface area contributed by atoms with Crippen LogP contribution in [0.4, 0.5) is 0 Å². The molecule has 0 unspecified atom stereocenters. The molecule has 0 spiro atoms. The first-order valence-corrected chi connectivity index (χ1v) is 19.5. The molecule has 0 radical (unpaired) electrons. The van der Waals surface area contributed by atoms with Crippen molar-refractivity contribution >= 4 is 17.4 Å². The van der Waals surface area contributed by atoms with E-state index in [9.17, 15) is 14.7 Å². The van der Waals surface area contributed by atoms with Crippen LogP contribution in [0, 0.1) is 56.7 Å². The summed E-state index contributed by atoms with van der Waals surface area (Å²) in [7, 11) is 0. The highest BCUT2D eigenvalue weighted by molar-refractivity contribution is 5.88. The molecular weight excluding hydrogens is 608 g/mol. The fourth-order valence-electron chi connectivity index (χ4n) is 13.8. The molecule has 4 saturated carbocycles. The monoisotopic (exact) mass is 670 g/mol. The molecule has 2 N–H and O–H groups in total. The van der Waals surface area contributed by atoms with Gasteiger partial charge < -0.3 is 15.2 Å². The van der Waals surface area contributed by atoms with Gasteiger partial charge in [-0.3, -0.25) is 9.69 Å². The van der Waals surface area contributed by atoms with Crippen LogP contribution in [-0.2, 0) is 9.53 Å². The number of allylic oxidation sites excluding steroid dienone is 3. The summed E-state index contributed by atoms with van der Waals surface area (Å²) in [5.74, 6) is 1.97. The number of hydrogen-bond acceptors (Lipinski definition) is 4. The molecule has 1 aromatic carbocycles. The number of nitrogens with one attached hydrogen (secondary N) is 1. The van der Waals surface area contributed by atoms with Gasteiger partial charge in [-0.15, -0.1) is 0 Å². The van der Waals surface area contributed by atoms with E-state index < -0.39 is 5.97 Å². The molecule has 5 aliphatic carbocycles. The van der Waals surface area contributed by atoms with E-state index in [0.29, 0.717) is 41.1 Å². The lowest BCUT2D eigenvalue weighted by Gasteiger charge is -2.72. The van der Waals surface area contributed by atoms with E-state index in [-0.39, 0.29) is 27.1 Å². The summed E-state index contributed by atoms with van der Waals surface area (Å²) in [6.45, 7) is 24.7. The lowest BCUT2D eigenvalue weighted by molar-refractivity contribution is -0.225. The molecule has 49 heavy (non-hydrogen) atoms. The van der Waals surface area contributed by atoms with E-state index in [0.717, 1.165) is 71.5 Å². The third-order valence-electron chi connectivity index (χ3n) is 16.4. The van der Waals surface area contributed by atoms with Crippen LogP contribution in [-0.4, -0.2) is 61.3 Å². The van der Waals surface area contributed by atoms with Gasteiger partial charge in [-0.25, -0.2) is 4.79 Å². The number of carboxylic acids is 1. The largest absolute Gasteiger partial charge is 0.478 e. The van der Waals surface area contributed by atoms with E-state index in [1.165, 1.54) is 42.4 Å². The number of benzene rings is 1. The maximum atomic E-state index is 14.4. The SMILES string of the molecule is C=C(C)[C@@H]1CC[C@]2(C(=O)NCCN3CCOCC3)CC[C@]3(C)[C@H](CC[C@@H]4[C@@]5(C)CC=C(c6ccc(C(=O)O)cc6)C(C)(C)[C@@H]5CC[C@]43C)[C@@H]12. The van der Waals surface area contributed by atoms with Crippen LogP contribution >= 0.6 is 0 Å². The maximum absolute atomic E-state index is 14.4. The minimum Gasteiger partial charge on any atom is -0.478 e. The Balaban J connectivity index is 1.16. The molecule has 7 rings (SSSR count). The summed E-state index contributed by atoms with van der Waals surface area (Å²) in [5, 5.41) is 13.0. The molecular formula is C43H62N2O4. The molecule has 0 bridgehead atoms. The Morgan fingerprint density at radius 1 is 0.918 bits per heavy atom. The van der Waals surface area contributed by atoms with Crippen LogP contribution in [0.15, 0.2) is 42.5 Å². The Kier molecular flexibility index (Phi) is 8.82. The highest BCUT2D eigenvalue weighted by atomic mass is 16.5. The summed E-state index contributed by atoms with van der Waals surface area (Å²) in [5.41, 5.74) is 4.50. The average molecular weight is 671 g/mol. The standard InChI is InChI=1S/C43H62N2O4/c1-28(2)31-14-19-43(38(48)44-22-23-45-24-26-49-27-25-45)21-20-41(6)33(36(31)43)12-13-35-40(5)17-15-32(29-8-10-30(11-9-29)37(46)47)39(3,4)34(40)16-18-42(35,41)7/h8-11,15,31,33-36H,1,12-14,16-27H2,2-7H3,(H,44,48)(H,46,47)/t31-,33+,34-,35+,36+,40-,41+,42+,43-/m0/s1. The molecule has 9 atom stereocenters. The van der Waals surface area contributed by atoms with Gasteiger partial charge in [-0.05, 0) is 139 Å². The van der Waals surface area contributed by atoms with Gasteiger partial charge in [0.15, 0.2) is 0 Å². The molecule has 1 aliphatic heterocycles. The Labute approximate surface area is 295 Å². The summed E-state index contributed by atoms with van der Waals surface area (Å²) < 4.78 is 5.54. The highest BCUT2D eigenvalue weighted by Crippen LogP contribution is 2.77. The second-order valence-electron chi connectivity index (χ2n) is 18.5. The van der Waals surface area contributed by atoms with Crippen LogP contribution in [0.2, 0.25) is 0 Å². The number of nitrogens with zero attached hydrogens (tertiary/aromatic N) is 1. The van der Waals surface area contributed by atoms with Crippen LogP contribution in [0.25, 0.3) is 5.57 Å². The van der Waals surface area contributed by atoms with E-state index >= 15 is 0 Å². The van der Waals surface area contributed by atoms with Crippen molar-refractivity contribution in [3.05, 3.63) is 53.6 Å². The first-order chi connectivity index (χ1) is 23.2. The topological polar surface area (TPSA) is 78.9 Å². The molecule has 1 saturated heterocycles. The number of morpholine rings is 1. The van der Waals surface area contributed by atoms with Crippen molar-refractivity contribution in [1.29, 1.82) is 0 Å². The van der Waals surface area contributed by atoms with Gasteiger partial charge in [0.05, 0.1) is 24.2 Å². The van der Waals surface area contributed by atoms with Gasteiger partial charge in [0.1, 0.15) is 0 Å². The normalized spacial score (nSPS) is 41.3. The van der Waals surface area contributed by atoms with Gasteiger partial charge in [0, 0.05) is 26.2 Å². The van der Waals surface area contributed by atoms with Crippen molar-refractivity contribution in [3.8, 4) is 0 Å². The Morgan fingerprint density at radius 3 is 2.31 bits per heavy atom. The molecule has 0 aromatic heterocycles. The molecule has 5 fully saturated rings. The van der Waals surface area contributed by atoms with Gasteiger partial charge in [0.2, 0.25) is 5.91 Å².